The van der Waals surface area contributed by atoms with Crippen LogP contribution in [0.5, 0.6) is 0 Å². The maximum atomic E-state index is 13.7. The highest BCUT2D eigenvalue weighted by molar-refractivity contribution is 7.92. The molecule has 158 valence electrons. The standard InChI is InChI=1S/C21H23FN4O3S/c1-15(14-26-12-11-23-16(26)2)13-24-21(27)17-7-9-18(10-8-17)30(28,29)25-20-6-4-3-5-19(20)22/h3-12,15,25H,13-14H2,1-2H3,(H,24,27). The van der Waals surface area contributed by atoms with Crippen molar-refractivity contribution in [1.82, 2.24) is 14.9 Å². The van der Waals surface area contributed by atoms with Gasteiger partial charge in [-0.25, -0.2) is 17.8 Å². The molecule has 1 amide bonds. The van der Waals surface area contributed by atoms with Crippen molar-refractivity contribution in [3.8, 4) is 0 Å². The summed E-state index contributed by atoms with van der Waals surface area (Å²) < 4.78 is 42.8. The number of para-hydroxylation sites is 1. The Morgan fingerprint density at radius 1 is 1.17 bits per heavy atom. The van der Waals surface area contributed by atoms with Crippen molar-refractivity contribution in [3.63, 3.8) is 0 Å². The number of hydrogen-bond acceptors (Lipinski definition) is 4. The van der Waals surface area contributed by atoms with Gasteiger partial charge >= 0.3 is 0 Å². The Kier molecular flexibility index (Phi) is 6.51. The number of amides is 1. The predicted octanol–water partition coefficient (Wildman–Crippen LogP) is 3.20. The SMILES string of the molecule is Cc1nccn1CC(C)CNC(=O)c1ccc(S(=O)(=O)Nc2ccccc2F)cc1. The van der Waals surface area contributed by atoms with Crippen molar-refractivity contribution in [2.45, 2.75) is 25.3 Å². The molecule has 1 aromatic heterocycles. The van der Waals surface area contributed by atoms with E-state index in [0.29, 0.717) is 12.1 Å². The minimum Gasteiger partial charge on any atom is -0.352 e. The van der Waals surface area contributed by atoms with E-state index in [1.54, 1.807) is 6.20 Å². The van der Waals surface area contributed by atoms with Gasteiger partial charge in [0.25, 0.3) is 15.9 Å². The van der Waals surface area contributed by atoms with Crippen molar-refractivity contribution in [1.29, 1.82) is 0 Å². The first-order chi connectivity index (χ1) is 14.3. The van der Waals surface area contributed by atoms with Crippen LogP contribution in [-0.4, -0.2) is 30.4 Å². The molecule has 30 heavy (non-hydrogen) atoms. The van der Waals surface area contributed by atoms with Crippen LogP contribution in [0.1, 0.15) is 23.1 Å². The van der Waals surface area contributed by atoms with E-state index in [-0.39, 0.29) is 22.4 Å². The first kappa shape index (κ1) is 21.5. The van der Waals surface area contributed by atoms with Gasteiger partial charge in [0.15, 0.2) is 0 Å². The lowest BCUT2D eigenvalue weighted by molar-refractivity contribution is 0.0946. The summed E-state index contributed by atoms with van der Waals surface area (Å²) in [6.45, 7) is 5.13. The minimum atomic E-state index is -3.97. The molecule has 0 aliphatic heterocycles. The van der Waals surface area contributed by atoms with Crippen molar-refractivity contribution in [2.75, 3.05) is 11.3 Å². The monoisotopic (exact) mass is 430 g/mol. The van der Waals surface area contributed by atoms with Crippen LogP contribution >= 0.6 is 0 Å². The largest absolute Gasteiger partial charge is 0.352 e. The zero-order valence-electron chi connectivity index (χ0n) is 16.7. The van der Waals surface area contributed by atoms with Gasteiger partial charge in [-0.05, 0) is 49.2 Å². The molecular weight excluding hydrogens is 407 g/mol. The molecular formula is C21H23FN4O3S. The number of sulfonamides is 1. The normalized spacial score (nSPS) is 12.4. The first-order valence-corrected chi connectivity index (χ1v) is 10.9. The molecule has 7 nitrogen and oxygen atoms in total. The van der Waals surface area contributed by atoms with Crippen LogP contribution in [0.15, 0.2) is 65.8 Å². The third kappa shape index (κ3) is 5.24. The number of nitrogens with zero attached hydrogens (tertiary/aromatic N) is 2. The van der Waals surface area contributed by atoms with Crippen molar-refractivity contribution in [3.05, 3.63) is 78.1 Å². The van der Waals surface area contributed by atoms with E-state index in [1.165, 1.54) is 48.5 Å². The zero-order valence-corrected chi connectivity index (χ0v) is 17.5. The Labute approximate surface area is 175 Å². The van der Waals surface area contributed by atoms with E-state index < -0.39 is 15.8 Å². The molecule has 0 aliphatic rings. The van der Waals surface area contributed by atoms with Crippen molar-refractivity contribution in [2.24, 2.45) is 5.92 Å². The fraction of sp³-hybridized carbons (Fsp3) is 0.238. The average Bonchev–Trinajstić information content (AvgIpc) is 3.12. The number of hydrogen-bond donors (Lipinski definition) is 2. The van der Waals surface area contributed by atoms with Crippen LogP contribution in [-0.2, 0) is 16.6 Å². The first-order valence-electron chi connectivity index (χ1n) is 9.39. The predicted molar refractivity (Wildman–Crippen MR) is 112 cm³/mol. The van der Waals surface area contributed by atoms with Gasteiger partial charge in [0, 0.05) is 31.0 Å². The fourth-order valence-corrected chi connectivity index (χ4v) is 3.97. The van der Waals surface area contributed by atoms with Gasteiger partial charge < -0.3 is 9.88 Å². The summed E-state index contributed by atoms with van der Waals surface area (Å²) in [6.07, 6.45) is 3.62. The molecule has 0 saturated heterocycles. The van der Waals surface area contributed by atoms with Crippen LogP contribution in [0.2, 0.25) is 0 Å². The maximum Gasteiger partial charge on any atom is 0.261 e. The molecule has 3 rings (SSSR count). The number of carbonyl (C=O) groups excluding carboxylic acids is 1. The molecule has 0 aliphatic carbocycles. The van der Waals surface area contributed by atoms with Crippen molar-refractivity contribution < 1.29 is 17.6 Å². The fourth-order valence-electron chi connectivity index (χ4n) is 2.90. The quantitative estimate of drug-likeness (QED) is 0.574. The molecule has 2 N–H and O–H groups in total. The summed E-state index contributed by atoms with van der Waals surface area (Å²) in [7, 11) is -3.97. The van der Waals surface area contributed by atoms with Gasteiger partial charge in [-0.2, -0.15) is 0 Å². The Morgan fingerprint density at radius 3 is 2.50 bits per heavy atom. The lowest BCUT2D eigenvalue weighted by atomic mass is 10.1. The molecule has 0 radical (unpaired) electrons. The van der Waals surface area contributed by atoms with Gasteiger partial charge in [-0.15, -0.1) is 0 Å². The van der Waals surface area contributed by atoms with Crippen molar-refractivity contribution >= 4 is 21.6 Å². The number of rotatable bonds is 8. The van der Waals surface area contributed by atoms with E-state index in [9.17, 15) is 17.6 Å². The summed E-state index contributed by atoms with van der Waals surface area (Å²) in [6, 6.07) is 11.0. The number of carbonyl (C=O) groups is 1. The number of anilines is 1. The van der Waals surface area contributed by atoms with E-state index >= 15 is 0 Å². The molecule has 1 heterocycles. The second-order valence-electron chi connectivity index (χ2n) is 7.05. The van der Waals surface area contributed by atoms with Gasteiger partial charge in [0.05, 0.1) is 10.6 Å². The van der Waals surface area contributed by atoms with Crippen LogP contribution in [0.3, 0.4) is 0 Å². The van der Waals surface area contributed by atoms with Crippen LogP contribution in [0, 0.1) is 18.7 Å². The Hall–Kier alpha value is -3.20. The smallest absolute Gasteiger partial charge is 0.261 e. The molecule has 1 unspecified atom stereocenters. The van der Waals surface area contributed by atoms with Gasteiger partial charge in [0.1, 0.15) is 11.6 Å². The summed E-state index contributed by atoms with van der Waals surface area (Å²) in [5, 5.41) is 2.85. The Bertz CT molecular complexity index is 1130. The third-order valence-corrected chi connectivity index (χ3v) is 5.97. The summed E-state index contributed by atoms with van der Waals surface area (Å²) in [4.78, 5) is 16.5. The number of nitrogens with one attached hydrogen (secondary N) is 2. The Morgan fingerprint density at radius 2 is 1.87 bits per heavy atom. The summed E-state index contributed by atoms with van der Waals surface area (Å²) in [5.74, 6) is 0.132. The molecule has 2 aromatic carbocycles. The topological polar surface area (TPSA) is 93.1 Å². The second kappa shape index (κ2) is 9.08. The number of benzene rings is 2. The van der Waals surface area contributed by atoms with Crippen LogP contribution in [0.25, 0.3) is 0 Å². The zero-order chi connectivity index (χ0) is 21.7. The lowest BCUT2D eigenvalue weighted by Crippen LogP contribution is -2.30. The van der Waals surface area contributed by atoms with Gasteiger partial charge in [-0.3, -0.25) is 9.52 Å². The van der Waals surface area contributed by atoms with Crippen LogP contribution < -0.4 is 10.0 Å². The highest BCUT2D eigenvalue weighted by atomic mass is 32.2. The third-order valence-electron chi connectivity index (χ3n) is 4.59. The highest BCUT2D eigenvalue weighted by Gasteiger charge is 2.17. The summed E-state index contributed by atoms with van der Waals surface area (Å²) >= 11 is 0. The van der Waals surface area contributed by atoms with E-state index in [1.807, 2.05) is 24.6 Å². The number of halogens is 1. The maximum absolute atomic E-state index is 13.7. The van der Waals surface area contributed by atoms with E-state index in [2.05, 4.69) is 15.0 Å². The highest BCUT2D eigenvalue weighted by Crippen LogP contribution is 2.19. The van der Waals surface area contributed by atoms with E-state index in [0.717, 1.165) is 12.4 Å². The number of aryl methyl sites for hydroxylation is 1. The number of aromatic nitrogens is 2. The van der Waals surface area contributed by atoms with Gasteiger partial charge in [-0.1, -0.05) is 19.1 Å². The molecule has 3 aromatic rings. The molecule has 0 spiro atoms. The molecule has 0 fully saturated rings. The minimum absolute atomic E-state index is 0.0637. The van der Waals surface area contributed by atoms with Crippen LogP contribution in [0.4, 0.5) is 10.1 Å². The molecule has 1 atom stereocenters. The Balaban J connectivity index is 1.59. The molecule has 0 saturated carbocycles. The lowest BCUT2D eigenvalue weighted by Gasteiger charge is -2.14. The molecule has 9 heteroatoms. The molecule has 0 bridgehead atoms. The van der Waals surface area contributed by atoms with E-state index in [4.69, 9.17) is 0 Å². The van der Waals surface area contributed by atoms with Gasteiger partial charge in [0.2, 0.25) is 0 Å². The summed E-state index contributed by atoms with van der Waals surface area (Å²) in [5.41, 5.74) is 0.201. The number of imidazole rings is 1. The second-order valence-corrected chi connectivity index (χ2v) is 8.73. The average molecular weight is 431 g/mol.